The molecule has 32 heavy (non-hydrogen) atoms. The van der Waals surface area contributed by atoms with Gasteiger partial charge in [0.25, 0.3) is 5.91 Å². The van der Waals surface area contributed by atoms with E-state index in [2.05, 4.69) is 41.9 Å². The van der Waals surface area contributed by atoms with Crippen molar-refractivity contribution in [1.82, 2.24) is 14.8 Å². The number of methoxy groups -OCH3 is 1. The molecule has 1 unspecified atom stereocenters. The summed E-state index contributed by atoms with van der Waals surface area (Å²) in [6, 6.07) is 18.6. The number of nitrogens with one attached hydrogen (secondary N) is 1. The van der Waals surface area contributed by atoms with Crippen LogP contribution in [0.15, 0.2) is 54.6 Å². The number of para-hydroxylation sites is 1. The van der Waals surface area contributed by atoms with Gasteiger partial charge in [-0.15, -0.1) is 0 Å². The molecule has 2 aromatic carbocycles. The Morgan fingerprint density at radius 3 is 2.81 bits per heavy atom. The lowest BCUT2D eigenvalue weighted by atomic mass is 9.96. The summed E-state index contributed by atoms with van der Waals surface area (Å²) in [5, 5.41) is 1.08. The maximum absolute atomic E-state index is 13.4. The number of hydrogen-bond donors (Lipinski definition) is 1. The summed E-state index contributed by atoms with van der Waals surface area (Å²) in [7, 11) is 1.71. The van der Waals surface area contributed by atoms with Gasteiger partial charge in [0, 0.05) is 36.6 Å². The lowest BCUT2D eigenvalue weighted by Gasteiger charge is -2.37. The summed E-state index contributed by atoms with van der Waals surface area (Å²) in [6.07, 6.45) is 3.39. The molecule has 3 aromatic rings. The second kappa shape index (κ2) is 10.2. The maximum atomic E-state index is 13.4. The summed E-state index contributed by atoms with van der Waals surface area (Å²) in [6.45, 7) is 8.27. The smallest absolute Gasteiger partial charge is 0.270 e. The Morgan fingerprint density at radius 1 is 1.19 bits per heavy atom. The molecule has 4 rings (SSSR count). The second-order valence-corrected chi connectivity index (χ2v) is 9.23. The van der Waals surface area contributed by atoms with Gasteiger partial charge in [0.15, 0.2) is 0 Å². The third-order valence-corrected chi connectivity index (χ3v) is 6.55. The minimum Gasteiger partial charge on any atom is -0.497 e. The van der Waals surface area contributed by atoms with Crippen LogP contribution in [-0.4, -0.2) is 60.0 Å². The van der Waals surface area contributed by atoms with E-state index in [9.17, 15) is 4.79 Å². The highest BCUT2D eigenvalue weighted by Gasteiger charge is 2.27. The summed E-state index contributed by atoms with van der Waals surface area (Å²) >= 11 is 0. The van der Waals surface area contributed by atoms with Crippen molar-refractivity contribution in [3.63, 3.8) is 0 Å². The van der Waals surface area contributed by atoms with Crippen LogP contribution >= 0.6 is 0 Å². The molecule has 2 heterocycles. The SMILES string of the molecule is COc1cccc(CCN2CCCC(CN(C(=O)c3cc4ccccc4[nH]3)C(C)C)C2)c1. The highest BCUT2D eigenvalue weighted by atomic mass is 16.5. The van der Waals surface area contributed by atoms with E-state index in [-0.39, 0.29) is 11.9 Å². The monoisotopic (exact) mass is 433 g/mol. The molecule has 5 heteroatoms. The Bertz CT molecular complexity index is 1010. The predicted octanol–water partition coefficient (Wildman–Crippen LogP) is 4.98. The average Bonchev–Trinajstić information content (AvgIpc) is 3.25. The Balaban J connectivity index is 1.37. The van der Waals surface area contributed by atoms with Crippen LogP contribution in [0.3, 0.4) is 0 Å². The number of likely N-dealkylation sites (tertiary alicyclic amines) is 1. The van der Waals surface area contributed by atoms with Gasteiger partial charge >= 0.3 is 0 Å². The number of benzene rings is 2. The Labute approximate surface area is 191 Å². The number of carbonyl (C=O) groups is 1. The zero-order chi connectivity index (χ0) is 22.5. The van der Waals surface area contributed by atoms with Gasteiger partial charge in [-0.1, -0.05) is 30.3 Å². The maximum Gasteiger partial charge on any atom is 0.270 e. The van der Waals surface area contributed by atoms with Gasteiger partial charge in [-0.3, -0.25) is 4.79 Å². The van der Waals surface area contributed by atoms with Gasteiger partial charge in [0.05, 0.1) is 7.11 Å². The zero-order valence-corrected chi connectivity index (χ0v) is 19.5. The molecule has 0 spiro atoms. The molecule has 1 saturated heterocycles. The molecule has 1 atom stereocenters. The number of nitrogens with zero attached hydrogens (tertiary/aromatic N) is 2. The first-order valence-corrected chi connectivity index (χ1v) is 11.8. The van der Waals surface area contributed by atoms with Crippen LogP contribution in [0.1, 0.15) is 42.7 Å². The molecule has 1 fully saturated rings. The highest BCUT2D eigenvalue weighted by molar-refractivity contribution is 5.98. The Kier molecular flexibility index (Phi) is 7.15. The predicted molar refractivity (Wildman–Crippen MR) is 130 cm³/mol. The number of piperidine rings is 1. The van der Waals surface area contributed by atoms with E-state index < -0.39 is 0 Å². The molecule has 1 amide bonds. The molecule has 1 aromatic heterocycles. The number of rotatable bonds is 8. The normalized spacial score (nSPS) is 17.1. The van der Waals surface area contributed by atoms with Crippen LogP contribution in [-0.2, 0) is 6.42 Å². The largest absolute Gasteiger partial charge is 0.497 e. The second-order valence-electron chi connectivity index (χ2n) is 9.23. The first-order valence-electron chi connectivity index (χ1n) is 11.8. The molecule has 0 radical (unpaired) electrons. The zero-order valence-electron chi connectivity index (χ0n) is 19.5. The molecule has 1 aliphatic rings. The van der Waals surface area contributed by atoms with E-state index >= 15 is 0 Å². The van der Waals surface area contributed by atoms with Crippen molar-refractivity contribution in [2.75, 3.05) is 33.3 Å². The molecular formula is C27H35N3O2. The third-order valence-electron chi connectivity index (χ3n) is 6.55. The summed E-state index contributed by atoms with van der Waals surface area (Å²) in [5.74, 6) is 1.52. The van der Waals surface area contributed by atoms with Crippen LogP contribution in [0, 0.1) is 5.92 Å². The van der Waals surface area contributed by atoms with E-state index in [1.807, 2.05) is 41.3 Å². The number of aromatic nitrogens is 1. The van der Waals surface area contributed by atoms with Gasteiger partial charge in [0.1, 0.15) is 11.4 Å². The number of ether oxygens (including phenoxy) is 1. The van der Waals surface area contributed by atoms with E-state index in [4.69, 9.17) is 4.74 Å². The van der Waals surface area contributed by atoms with Crippen molar-refractivity contribution in [3.8, 4) is 5.75 Å². The molecule has 170 valence electrons. The van der Waals surface area contributed by atoms with Gasteiger partial charge < -0.3 is 19.5 Å². The molecule has 5 nitrogen and oxygen atoms in total. The van der Waals surface area contributed by atoms with Crippen molar-refractivity contribution in [1.29, 1.82) is 0 Å². The summed E-state index contributed by atoms with van der Waals surface area (Å²) in [5.41, 5.74) is 3.01. The van der Waals surface area contributed by atoms with Crippen LogP contribution in [0.5, 0.6) is 5.75 Å². The van der Waals surface area contributed by atoms with Crippen LogP contribution in [0.4, 0.5) is 0 Å². The van der Waals surface area contributed by atoms with E-state index in [1.54, 1.807) is 7.11 Å². The van der Waals surface area contributed by atoms with Gasteiger partial charge in [-0.2, -0.15) is 0 Å². The van der Waals surface area contributed by atoms with Crippen molar-refractivity contribution in [2.45, 2.75) is 39.2 Å². The highest BCUT2D eigenvalue weighted by Crippen LogP contribution is 2.22. The number of hydrogen-bond acceptors (Lipinski definition) is 3. The summed E-state index contributed by atoms with van der Waals surface area (Å²) < 4.78 is 5.35. The molecular weight excluding hydrogens is 398 g/mol. The fourth-order valence-corrected chi connectivity index (χ4v) is 4.77. The molecule has 1 N–H and O–H groups in total. The quantitative estimate of drug-likeness (QED) is 0.545. The Morgan fingerprint density at radius 2 is 2.03 bits per heavy atom. The van der Waals surface area contributed by atoms with E-state index in [0.717, 1.165) is 49.3 Å². The lowest BCUT2D eigenvalue weighted by molar-refractivity contribution is 0.0611. The van der Waals surface area contributed by atoms with Gasteiger partial charge in [-0.25, -0.2) is 0 Å². The molecule has 1 aliphatic heterocycles. The summed E-state index contributed by atoms with van der Waals surface area (Å²) in [4.78, 5) is 21.3. The number of H-pyrrole nitrogens is 1. The van der Waals surface area contributed by atoms with E-state index in [0.29, 0.717) is 11.6 Å². The standard InChI is InChI=1S/C27H35N3O2/c1-20(2)30(27(31)26-17-23-10-4-5-12-25(23)28-26)19-22-9-7-14-29(18-22)15-13-21-8-6-11-24(16-21)32-3/h4-6,8,10-12,16-17,20,22,28H,7,9,13-15,18-19H2,1-3H3. The first-order chi connectivity index (χ1) is 15.5. The van der Waals surface area contributed by atoms with Crippen LogP contribution < -0.4 is 4.74 Å². The number of carbonyl (C=O) groups excluding carboxylic acids is 1. The first kappa shape index (κ1) is 22.4. The van der Waals surface area contributed by atoms with Crippen molar-refractivity contribution >= 4 is 16.8 Å². The van der Waals surface area contributed by atoms with Crippen LogP contribution in [0.25, 0.3) is 10.9 Å². The molecule has 0 saturated carbocycles. The minimum absolute atomic E-state index is 0.102. The molecule has 0 bridgehead atoms. The lowest BCUT2D eigenvalue weighted by Crippen LogP contribution is -2.45. The number of fused-ring (bicyclic) bond motifs is 1. The van der Waals surface area contributed by atoms with E-state index in [1.165, 1.54) is 18.4 Å². The number of amides is 1. The fraction of sp³-hybridized carbons (Fsp3) is 0.444. The third kappa shape index (κ3) is 5.33. The van der Waals surface area contributed by atoms with Crippen LogP contribution in [0.2, 0.25) is 0 Å². The van der Waals surface area contributed by atoms with Crippen molar-refractivity contribution in [2.24, 2.45) is 5.92 Å². The average molecular weight is 434 g/mol. The fourth-order valence-electron chi connectivity index (χ4n) is 4.77. The topological polar surface area (TPSA) is 48.6 Å². The van der Waals surface area contributed by atoms with Crippen molar-refractivity contribution < 1.29 is 9.53 Å². The van der Waals surface area contributed by atoms with Gasteiger partial charge in [0.2, 0.25) is 0 Å². The van der Waals surface area contributed by atoms with Gasteiger partial charge in [-0.05, 0) is 75.4 Å². The van der Waals surface area contributed by atoms with Crippen molar-refractivity contribution in [3.05, 3.63) is 65.9 Å². The Hall–Kier alpha value is -2.79. The molecule has 0 aliphatic carbocycles. The number of aromatic amines is 1. The minimum atomic E-state index is 0.102.